The van der Waals surface area contributed by atoms with Crippen LogP contribution in [-0.4, -0.2) is 22.8 Å². The molecule has 1 atom stereocenters. The second kappa shape index (κ2) is 9.88. The summed E-state index contributed by atoms with van der Waals surface area (Å²) in [7, 11) is 0. The largest absolute Gasteiger partial charge is 0.273 e. The van der Waals surface area contributed by atoms with Crippen LogP contribution in [0.1, 0.15) is 25.8 Å². The number of rotatable bonds is 8. The lowest BCUT2D eigenvalue weighted by Crippen LogP contribution is -2.35. The van der Waals surface area contributed by atoms with Crippen molar-refractivity contribution in [2.24, 2.45) is 10.3 Å². The van der Waals surface area contributed by atoms with Gasteiger partial charge in [0.15, 0.2) is 0 Å². The van der Waals surface area contributed by atoms with Crippen LogP contribution in [0.25, 0.3) is 0 Å². The minimum Gasteiger partial charge on any atom is -0.273 e. The molecule has 0 radical (unpaired) electrons. The van der Waals surface area contributed by atoms with E-state index in [1.54, 1.807) is 11.8 Å². The van der Waals surface area contributed by atoms with Crippen LogP contribution in [0.4, 0.5) is 0 Å². The molecule has 2 aromatic rings. The maximum atomic E-state index is 12.0. The molecule has 0 N–H and O–H groups in total. The minimum absolute atomic E-state index is 0.0235. The van der Waals surface area contributed by atoms with E-state index in [0.717, 1.165) is 17.7 Å². The minimum atomic E-state index is -0.0776. The smallest absolute Gasteiger partial charge is 0.241 e. The number of thioether (sulfide) groups is 1. The Kier molecular flexibility index (Phi) is 7.49. The highest BCUT2D eigenvalue weighted by atomic mass is 32.2. The van der Waals surface area contributed by atoms with Crippen LogP contribution in [0.2, 0.25) is 0 Å². The standard InChI is InChI=1S/C19H23N3OS/c1-3-18(14-17-10-6-4-7-11-17)22(16(2)23)21-20-15-24-19-12-8-5-9-13-19/h4-13,18H,3,14-15H2,1-2H3/b21-20+/t18-/m0/s1. The van der Waals surface area contributed by atoms with E-state index < -0.39 is 0 Å². The van der Waals surface area contributed by atoms with E-state index in [9.17, 15) is 4.79 Å². The molecular weight excluding hydrogens is 318 g/mol. The molecule has 0 bridgehead atoms. The zero-order valence-electron chi connectivity index (χ0n) is 14.1. The summed E-state index contributed by atoms with van der Waals surface area (Å²) in [5, 5.41) is 9.90. The van der Waals surface area contributed by atoms with Crippen LogP contribution in [0, 0.1) is 0 Å². The first-order valence-corrected chi connectivity index (χ1v) is 9.08. The van der Waals surface area contributed by atoms with Gasteiger partial charge in [0, 0.05) is 11.8 Å². The van der Waals surface area contributed by atoms with Gasteiger partial charge in [0.2, 0.25) is 5.91 Å². The molecular formula is C19H23N3OS. The first kappa shape index (κ1) is 18.2. The van der Waals surface area contributed by atoms with Gasteiger partial charge in [-0.3, -0.25) is 4.79 Å². The summed E-state index contributed by atoms with van der Waals surface area (Å²) in [4.78, 5) is 13.1. The van der Waals surface area contributed by atoms with Gasteiger partial charge >= 0.3 is 0 Å². The van der Waals surface area contributed by atoms with Gasteiger partial charge in [-0.25, -0.2) is 5.01 Å². The van der Waals surface area contributed by atoms with E-state index in [1.165, 1.54) is 17.5 Å². The van der Waals surface area contributed by atoms with Gasteiger partial charge in [-0.2, -0.15) is 5.11 Å². The molecule has 0 saturated carbocycles. The average Bonchev–Trinajstić information content (AvgIpc) is 2.61. The highest BCUT2D eigenvalue weighted by molar-refractivity contribution is 7.99. The van der Waals surface area contributed by atoms with Crippen molar-refractivity contribution < 1.29 is 4.79 Å². The Labute approximate surface area is 148 Å². The monoisotopic (exact) mass is 341 g/mol. The van der Waals surface area contributed by atoms with E-state index in [-0.39, 0.29) is 11.9 Å². The molecule has 2 aromatic carbocycles. The lowest BCUT2D eigenvalue weighted by atomic mass is 10.0. The lowest BCUT2D eigenvalue weighted by Gasteiger charge is -2.24. The first-order chi connectivity index (χ1) is 11.7. The van der Waals surface area contributed by atoms with Gasteiger partial charge in [0.05, 0.1) is 6.04 Å². The third kappa shape index (κ3) is 5.81. The van der Waals surface area contributed by atoms with Crippen molar-refractivity contribution in [2.75, 3.05) is 5.88 Å². The number of hydrogen-bond acceptors (Lipinski definition) is 4. The zero-order valence-corrected chi connectivity index (χ0v) is 14.9. The molecule has 126 valence electrons. The molecule has 0 spiro atoms. The highest BCUT2D eigenvalue weighted by Crippen LogP contribution is 2.18. The van der Waals surface area contributed by atoms with Crippen LogP contribution >= 0.6 is 11.8 Å². The Bertz CT molecular complexity index is 646. The fourth-order valence-electron chi connectivity index (χ4n) is 2.40. The summed E-state index contributed by atoms with van der Waals surface area (Å²) < 4.78 is 0. The second-order valence-corrected chi connectivity index (χ2v) is 6.45. The maximum Gasteiger partial charge on any atom is 0.241 e. The molecule has 1 amide bonds. The number of carbonyl (C=O) groups is 1. The molecule has 0 fully saturated rings. The predicted octanol–water partition coefficient (Wildman–Crippen LogP) is 4.97. The number of hydrogen-bond donors (Lipinski definition) is 0. The van der Waals surface area contributed by atoms with Gasteiger partial charge in [-0.15, -0.1) is 11.8 Å². The van der Waals surface area contributed by atoms with Crippen molar-refractivity contribution in [3.63, 3.8) is 0 Å². The molecule has 0 aliphatic carbocycles. The van der Waals surface area contributed by atoms with Gasteiger partial charge in [0.25, 0.3) is 0 Å². The predicted molar refractivity (Wildman–Crippen MR) is 98.8 cm³/mol. The summed E-state index contributed by atoms with van der Waals surface area (Å²) in [6, 6.07) is 20.2. The highest BCUT2D eigenvalue weighted by Gasteiger charge is 2.19. The molecule has 0 aromatic heterocycles. The summed E-state index contributed by atoms with van der Waals surface area (Å²) in [6.45, 7) is 3.61. The normalized spacial score (nSPS) is 12.2. The quantitative estimate of drug-likeness (QED) is 0.386. The third-order valence-electron chi connectivity index (χ3n) is 3.65. The van der Waals surface area contributed by atoms with Gasteiger partial charge in [0.1, 0.15) is 5.88 Å². The van der Waals surface area contributed by atoms with Crippen molar-refractivity contribution in [2.45, 2.75) is 37.6 Å². The van der Waals surface area contributed by atoms with E-state index in [4.69, 9.17) is 0 Å². The van der Waals surface area contributed by atoms with E-state index in [1.807, 2.05) is 48.5 Å². The summed E-state index contributed by atoms with van der Waals surface area (Å²) in [6.07, 6.45) is 1.61. The topological polar surface area (TPSA) is 45.0 Å². The molecule has 2 rings (SSSR count). The molecule has 0 heterocycles. The van der Waals surface area contributed by atoms with Crippen molar-refractivity contribution in [3.05, 3.63) is 66.2 Å². The van der Waals surface area contributed by atoms with Crippen molar-refractivity contribution in [1.82, 2.24) is 5.01 Å². The number of nitrogens with zero attached hydrogens (tertiary/aromatic N) is 3. The molecule has 24 heavy (non-hydrogen) atoms. The molecule has 0 unspecified atom stereocenters. The number of amides is 1. The van der Waals surface area contributed by atoms with Crippen LogP contribution in [0.15, 0.2) is 75.9 Å². The third-order valence-corrected chi connectivity index (χ3v) is 4.50. The Morgan fingerprint density at radius 1 is 1.08 bits per heavy atom. The fourth-order valence-corrected chi connectivity index (χ4v) is 3.01. The fraction of sp³-hybridized carbons (Fsp3) is 0.316. The Balaban J connectivity index is 1.96. The summed E-state index contributed by atoms with van der Waals surface area (Å²) >= 11 is 1.60. The Hall–Kier alpha value is -2.14. The van der Waals surface area contributed by atoms with Gasteiger partial charge in [-0.1, -0.05) is 60.7 Å². The van der Waals surface area contributed by atoms with Crippen LogP contribution < -0.4 is 0 Å². The van der Waals surface area contributed by atoms with Crippen molar-refractivity contribution >= 4 is 17.7 Å². The second-order valence-electron chi connectivity index (χ2n) is 5.43. The van der Waals surface area contributed by atoms with E-state index in [2.05, 4.69) is 29.4 Å². The molecule has 0 saturated heterocycles. The van der Waals surface area contributed by atoms with Gasteiger partial charge in [-0.05, 0) is 30.5 Å². The molecule has 5 heteroatoms. The van der Waals surface area contributed by atoms with E-state index in [0.29, 0.717) is 5.88 Å². The van der Waals surface area contributed by atoms with Crippen LogP contribution in [0.3, 0.4) is 0 Å². The van der Waals surface area contributed by atoms with E-state index >= 15 is 0 Å². The Morgan fingerprint density at radius 3 is 2.29 bits per heavy atom. The lowest BCUT2D eigenvalue weighted by molar-refractivity contribution is -0.131. The van der Waals surface area contributed by atoms with Gasteiger partial charge < -0.3 is 0 Å². The Morgan fingerprint density at radius 2 is 1.71 bits per heavy atom. The molecule has 4 nitrogen and oxygen atoms in total. The molecule has 0 aliphatic heterocycles. The summed E-state index contributed by atoms with van der Waals surface area (Å²) in [5.41, 5.74) is 1.20. The van der Waals surface area contributed by atoms with Crippen molar-refractivity contribution in [3.8, 4) is 0 Å². The average molecular weight is 341 g/mol. The first-order valence-electron chi connectivity index (χ1n) is 8.09. The van der Waals surface area contributed by atoms with Crippen LogP contribution in [0.5, 0.6) is 0 Å². The SMILES string of the molecule is CC[C@@H](Cc1ccccc1)N(/N=N/CSc1ccccc1)C(C)=O. The zero-order chi connectivity index (χ0) is 17.2. The molecule has 0 aliphatic rings. The number of benzene rings is 2. The maximum absolute atomic E-state index is 12.0. The number of carbonyl (C=O) groups excluding carboxylic acids is 1. The van der Waals surface area contributed by atoms with Crippen molar-refractivity contribution in [1.29, 1.82) is 0 Å². The summed E-state index contributed by atoms with van der Waals surface area (Å²) in [5.74, 6) is 0.418. The van der Waals surface area contributed by atoms with Crippen LogP contribution in [-0.2, 0) is 11.2 Å².